The zero-order valence-electron chi connectivity index (χ0n) is 12.9. The number of likely N-dealkylation sites (N-methyl/N-ethyl adjacent to an activating group) is 1. The Morgan fingerprint density at radius 2 is 1.52 bits per heavy atom. The normalized spacial score (nSPS) is 16.1. The number of nitrogens with one attached hydrogen (secondary N) is 1. The first-order valence-corrected chi connectivity index (χ1v) is 7.75. The van der Waals surface area contributed by atoms with Gasteiger partial charge in [-0.15, -0.1) is 0 Å². The molecule has 1 aliphatic carbocycles. The molecule has 0 amide bonds. The lowest BCUT2D eigenvalue weighted by Crippen LogP contribution is -2.37. The SMILES string of the molecule is CN(C)C(CNC1Cc2ccccc2C1)c1ccccc1. The van der Waals surface area contributed by atoms with Crippen LogP contribution in [0.2, 0.25) is 0 Å². The van der Waals surface area contributed by atoms with Crippen molar-refractivity contribution >= 4 is 0 Å². The van der Waals surface area contributed by atoms with Gasteiger partial charge in [0.1, 0.15) is 0 Å². The first-order valence-electron chi connectivity index (χ1n) is 7.75. The highest BCUT2D eigenvalue weighted by molar-refractivity contribution is 5.33. The topological polar surface area (TPSA) is 15.3 Å². The molecule has 1 unspecified atom stereocenters. The second-order valence-electron chi connectivity index (χ2n) is 6.17. The summed E-state index contributed by atoms with van der Waals surface area (Å²) in [5.74, 6) is 0. The molecule has 2 nitrogen and oxygen atoms in total. The van der Waals surface area contributed by atoms with Crippen LogP contribution in [0.3, 0.4) is 0 Å². The summed E-state index contributed by atoms with van der Waals surface area (Å²) in [7, 11) is 4.31. The lowest BCUT2D eigenvalue weighted by molar-refractivity contribution is 0.280. The van der Waals surface area contributed by atoms with Gasteiger partial charge in [0.15, 0.2) is 0 Å². The average Bonchev–Trinajstić information content (AvgIpc) is 2.91. The van der Waals surface area contributed by atoms with E-state index in [1.54, 1.807) is 0 Å². The molecule has 0 spiro atoms. The number of benzene rings is 2. The van der Waals surface area contributed by atoms with Crippen molar-refractivity contribution in [2.75, 3.05) is 20.6 Å². The number of hydrogen-bond acceptors (Lipinski definition) is 2. The van der Waals surface area contributed by atoms with E-state index in [2.05, 4.69) is 78.9 Å². The second-order valence-corrected chi connectivity index (χ2v) is 6.17. The predicted octanol–water partition coefficient (Wildman–Crippen LogP) is 3.05. The van der Waals surface area contributed by atoms with Gasteiger partial charge in [-0.1, -0.05) is 54.6 Å². The first-order chi connectivity index (χ1) is 10.2. The van der Waals surface area contributed by atoms with Crippen LogP contribution in [-0.2, 0) is 12.8 Å². The molecular weight excluding hydrogens is 256 g/mol. The van der Waals surface area contributed by atoms with Gasteiger partial charge >= 0.3 is 0 Å². The highest BCUT2D eigenvalue weighted by Crippen LogP contribution is 2.23. The first kappa shape index (κ1) is 14.3. The van der Waals surface area contributed by atoms with Crippen molar-refractivity contribution in [1.82, 2.24) is 10.2 Å². The van der Waals surface area contributed by atoms with Crippen LogP contribution < -0.4 is 5.32 Å². The molecule has 2 aromatic rings. The monoisotopic (exact) mass is 280 g/mol. The Balaban J connectivity index is 1.62. The molecule has 1 aliphatic rings. The fourth-order valence-electron chi connectivity index (χ4n) is 3.26. The van der Waals surface area contributed by atoms with Gasteiger partial charge in [-0.3, -0.25) is 0 Å². The minimum absolute atomic E-state index is 0.426. The van der Waals surface area contributed by atoms with Gasteiger partial charge in [0.2, 0.25) is 0 Å². The Kier molecular flexibility index (Phi) is 4.37. The number of nitrogens with zero attached hydrogens (tertiary/aromatic N) is 1. The van der Waals surface area contributed by atoms with Crippen LogP contribution in [0.5, 0.6) is 0 Å². The highest BCUT2D eigenvalue weighted by Gasteiger charge is 2.22. The van der Waals surface area contributed by atoms with Crippen LogP contribution in [0, 0.1) is 0 Å². The van der Waals surface area contributed by atoms with Crippen LogP contribution in [0.25, 0.3) is 0 Å². The fourth-order valence-corrected chi connectivity index (χ4v) is 3.26. The van der Waals surface area contributed by atoms with Crippen molar-refractivity contribution in [3.05, 3.63) is 71.3 Å². The molecule has 110 valence electrons. The Morgan fingerprint density at radius 1 is 0.952 bits per heavy atom. The minimum atomic E-state index is 0.426. The summed E-state index contributed by atoms with van der Waals surface area (Å²) >= 11 is 0. The molecule has 0 saturated heterocycles. The number of rotatable bonds is 5. The molecule has 1 N–H and O–H groups in total. The Hall–Kier alpha value is -1.64. The summed E-state index contributed by atoms with van der Waals surface area (Å²) in [5, 5.41) is 3.77. The van der Waals surface area contributed by atoms with E-state index in [0.29, 0.717) is 12.1 Å². The third-order valence-corrected chi connectivity index (χ3v) is 4.46. The molecule has 0 aliphatic heterocycles. The number of hydrogen-bond donors (Lipinski definition) is 1. The summed E-state index contributed by atoms with van der Waals surface area (Å²) < 4.78 is 0. The lowest BCUT2D eigenvalue weighted by Gasteiger charge is -2.26. The Morgan fingerprint density at radius 3 is 2.10 bits per heavy atom. The molecule has 0 bridgehead atoms. The zero-order valence-corrected chi connectivity index (χ0v) is 12.9. The Bertz CT molecular complexity index is 552. The third kappa shape index (κ3) is 3.34. The van der Waals surface area contributed by atoms with E-state index in [4.69, 9.17) is 0 Å². The van der Waals surface area contributed by atoms with E-state index in [1.807, 2.05) is 0 Å². The Labute approximate surface area is 127 Å². The summed E-state index contributed by atoms with van der Waals surface area (Å²) in [5.41, 5.74) is 4.40. The summed E-state index contributed by atoms with van der Waals surface area (Å²) in [6.45, 7) is 0.996. The fraction of sp³-hybridized carbons (Fsp3) is 0.368. The van der Waals surface area contributed by atoms with E-state index in [1.165, 1.54) is 16.7 Å². The standard InChI is InChI=1S/C19H24N2/c1-21(2)19(15-8-4-3-5-9-15)14-20-18-12-16-10-6-7-11-17(16)13-18/h3-11,18-20H,12-14H2,1-2H3. The van der Waals surface area contributed by atoms with Crippen molar-refractivity contribution in [2.24, 2.45) is 0 Å². The van der Waals surface area contributed by atoms with Crippen molar-refractivity contribution in [3.63, 3.8) is 0 Å². The van der Waals surface area contributed by atoms with Crippen molar-refractivity contribution in [1.29, 1.82) is 0 Å². The molecular formula is C19H24N2. The van der Waals surface area contributed by atoms with Crippen LogP contribution in [0.1, 0.15) is 22.7 Å². The zero-order chi connectivity index (χ0) is 14.7. The van der Waals surface area contributed by atoms with Gasteiger partial charge in [0.05, 0.1) is 0 Å². The number of fused-ring (bicyclic) bond motifs is 1. The quantitative estimate of drug-likeness (QED) is 0.905. The third-order valence-electron chi connectivity index (χ3n) is 4.46. The molecule has 21 heavy (non-hydrogen) atoms. The van der Waals surface area contributed by atoms with Crippen LogP contribution >= 0.6 is 0 Å². The van der Waals surface area contributed by atoms with E-state index >= 15 is 0 Å². The molecule has 2 heteroatoms. The van der Waals surface area contributed by atoms with Crippen molar-refractivity contribution in [2.45, 2.75) is 24.9 Å². The van der Waals surface area contributed by atoms with Gasteiger partial charge in [0, 0.05) is 18.6 Å². The maximum atomic E-state index is 3.77. The van der Waals surface area contributed by atoms with E-state index < -0.39 is 0 Å². The molecule has 0 saturated carbocycles. The minimum Gasteiger partial charge on any atom is -0.311 e. The van der Waals surface area contributed by atoms with E-state index in [-0.39, 0.29) is 0 Å². The molecule has 1 atom stereocenters. The average molecular weight is 280 g/mol. The van der Waals surface area contributed by atoms with Crippen LogP contribution in [0.15, 0.2) is 54.6 Å². The van der Waals surface area contributed by atoms with Crippen molar-refractivity contribution in [3.8, 4) is 0 Å². The summed E-state index contributed by atoms with van der Waals surface area (Å²) in [4.78, 5) is 2.30. The largest absolute Gasteiger partial charge is 0.311 e. The summed E-state index contributed by atoms with van der Waals surface area (Å²) in [6, 6.07) is 20.6. The highest BCUT2D eigenvalue weighted by atomic mass is 15.1. The van der Waals surface area contributed by atoms with Gasteiger partial charge in [-0.2, -0.15) is 0 Å². The maximum absolute atomic E-state index is 3.77. The smallest absolute Gasteiger partial charge is 0.0466 e. The predicted molar refractivity (Wildman–Crippen MR) is 88.5 cm³/mol. The maximum Gasteiger partial charge on any atom is 0.0466 e. The molecule has 0 heterocycles. The van der Waals surface area contributed by atoms with Gasteiger partial charge in [0.25, 0.3) is 0 Å². The van der Waals surface area contributed by atoms with E-state index in [0.717, 1.165) is 19.4 Å². The van der Waals surface area contributed by atoms with Crippen molar-refractivity contribution < 1.29 is 0 Å². The lowest BCUT2D eigenvalue weighted by atomic mass is 10.1. The van der Waals surface area contributed by atoms with Crippen LogP contribution in [0.4, 0.5) is 0 Å². The van der Waals surface area contributed by atoms with Gasteiger partial charge in [-0.25, -0.2) is 0 Å². The molecule has 0 aromatic heterocycles. The molecule has 2 aromatic carbocycles. The van der Waals surface area contributed by atoms with Gasteiger partial charge < -0.3 is 10.2 Å². The van der Waals surface area contributed by atoms with E-state index in [9.17, 15) is 0 Å². The second kappa shape index (κ2) is 6.42. The molecule has 3 rings (SSSR count). The van der Waals surface area contributed by atoms with Crippen LogP contribution in [-0.4, -0.2) is 31.6 Å². The summed E-state index contributed by atoms with van der Waals surface area (Å²) in [6.07, 6.45) is 2.32. The van der Waals surface area contributed by atoms with Gasteiger partial charge in [-0.05, 0) is 43.6 Å². The molecule has 0 radical (unpaired) electrons. The molecule has 0 fully saturated rings.